The molecule has 1 aliphatic rings. The van der Waals surface area contributed by atoms with Crippen molar-refractivity contribution < 1.29 is 4.79 Å². The average molecular weight is 340 g/mol. The van der Waals surface area contributed by atoms with Crippen LogP contribution in [0.25, 0.3) is 5.69 Å². The molecule has 1 fully saturated rings. The summed E-state index contributed by atoms with van der Waals surface area (Å²) in [5, 5.41) is 7.86. The predicted molar refractivity (Wildman–Crippen MR) is 100 cm³/mol. The van der Waals surface area contributed by atoms with Crippen LogP contribution in [0.3, 0.4) is 0 Å². The summed E-state index contributed by atoms with van der Waals surface area (Å²) >= 11 is 0. The van der Waals surface area contributed by atoms with Gasteiger partial charge >= 0.3 is 6.03 Å². The fourth-order valence-electron chi connectivity index (χ4n) is 3.60. The molecule has 0 saturated heterocycles. The number of benzene rings is 1. The summed E-state index contributed by atoms with van der Waals surface area (Å²) in [6.45, 7) is 6.75. The minimum Gasteiger partial charge on any atom is -0.335 e. The van der Waals surface area contributed by atoms with Crippen LogP contribution < -0.4 is 5.32 Å². The second-order valence-corrected chi connectivity index (χ2v) is 7.13. The molecule has 2 aromatic rings. The summed E-state index contributed by atoms with van der Waals surface area (Å²) in [6, 6.07) is 8.58. The SMILES string of the molecule is Cc1ccccc1-n1nc(C)c(CN(C)C(=O)NC2CCCC2)c1C. The molecule has 0 bridgehead atoms. The molecule has 5 nitrogen and oxygen atoms in total. The number of urea groups is 1. The molecular formula is C20H28N4O. The van der Waals surface area contributed by atoms with Gasteiger partial charge in [-0.3, -0.25) is 0 Å². The van der Waals surface area contributed by atoms with Crippen molar-refractivity contribution >= 4 is 6.03 Å². The molecule has 1 saturated carbocycles. The molecule has 25 heavy (non-hydrogen) atoms. The lowest BCUT2D eigenvalue weighted by Crippen LogP contribution is -2.41. The van der Waals surface area contributed by atoms with E-state index in [2.05, 4.69) is 31.3 Å². The van der Waals surface area contributed by atoms with E-state index in [4.69, 9.17) is 5.10 Å². The Morgan fingerprint density at radius 1 is 1.24 bits per heavy atom. The Hall–Kier alpha value is -2.30. The topological polar surface area (TPSA) is 50.2 Å². The van der Waals surface area contributed by atoms with Gasteiger partial charge in [-0.05, 0) is 45.2 Å². The van der Waals surface area contributed by atoms with Crippen molar-refractivity contribution in [2.45, 2.75) is 59.0 Å². The highest BCUT2D eigenvalue weighted by atomic mass is 16.2. The quantitative estimate of drug-likeness (QED) is 0.918. The molecule has 0 radical (unpaired) electrons. The van der Waals surface area contributed by atoms with Gasteiger partial charge in [0.25, 0.3) is 0 Å². The lowest BCUT2D eigenvalue weighted by Gasteiger charge is -2.21. The van der Waals surface area contributed by atoms with Crippen molar-refractivity contribution in [3.63, 3.8) is 0 Å². The Kier molecular flexibility index (Phi) is 5.11. The highest BCUT2D eigenvalue weighted by molar-refractivity contribution is 5.74. The maximum atomic E-state index is 12.4. The number of carbonyl (C=O) groups excluding carboxylic acids is 1. The average Bonchev–Trinajstić information content (AvgIpc) is 3.18. The van der Waals surface area contributed by atoms with Gasteiger partial charge < -0.3 is 10.2 Å². The highest BCUT2D eigenvalue weighted by Crippen LogP contribution is 2.22. The zero-order valence-corrected chi connectivity index (χ0v) is 15.7. The molecular weight excluding hydrogens is 312 g/mol. The van der Waals surface area contributed by atoms with E-state index in [1.165, 1.54) is 18.4 Å². The molecule has 5 heteroatoms. The predicted octanol–water partition coefficient (Wildman–Crippen LogP) is 3.88. The molecule has 134 valence electrons. The smallest absolute Gasteiger partial charge is 0.317 e. The molecule has 0 unspecified atom stereocenters. The number of aryl methyl sites for hydroxylation is 2. The standard InChI is InChI=1S/C20H28N4O/c1-14-9-5-8-12-19(14)24-16(3)18(15(2)22-24)13-23(4)20(25)21-17-10-6-7-11-17/h5,8-9,12,17H,6-7,10-11,13H2,1-4H3,(H,21,25). The Morgan fingerprint density at radius 2 is 1.92 bits per heavy atom. The van der Waals surface area contributed by atoms with Crippen molar-refractivity contribution in [1.82, 2.24) is 20.0 Å². The normalized spacial score (nSPS) is 14.7. The zero-order valence-electron chi connectivity index (χ0n) is 15.7. The molecule has 1 N–H and O–H groups in total. The fourth-order valence-corrected chi connectivity index (χ4v) is 3.60. The van der Waals surface area contributed by atoms with E-state index >= 15 is 0 Å². The van der Waals surface area contributed by atoms with E-state index in [1.54, 1.807) is 4.90 Å². The van der Waals surface area contributed by atoms with Crippen molar-refractivity contribution in [3.8, 4) is 5.69 Å². The van der Waals surface area contributed by atoms with E-state index in [0.29, 0.717) is 12.6 Å². The lowest BCUT2D eigenvalue weighted by molar-refractivity contribution is 0.202. The van der Waals surface area contributed by atoms with Gasteiger partial charge in [0, 0.05) is 24.3 Å². The lowest BCUT2D eigenvalue weighted by atomic mass is 10.1. The summed E-state index contributed by atoms with van der Waals surface area (Å²) in [5.41, 5.74) is 5.46. The van der Waals surface area contributed by atoms with E-state index in [9.17, 15) is 4.79 Å². The van der Waals surface area contributed by atoms with Crippen LogP contribution in [0.4, 0.5) is 4.79 Å². The van der Waals surface area contributed by atoms with E-state index in [1.807, 2.05) is 30.8 Å². The van der Waals surface area contributed by atoms with Gasteiger partial charge in [-0.2, -0.15) is 5.10 Å². The van der Waals surface area contributed by atoms with Gasteiger partial charge in [-0.15, -0.1) is 0 Å². The molecule has 0 aliphatic heterocycles. The number of nitrogens with one attached hydrogen (secondary N) is 1. The summed E-state index contributed by atoms with van der Waals surface area (Å²) in [5.74, 6) is 0. The minimum atomic E-state index is 0.00865. The highest BCUT2D eigenvalue weighted by Gasteiger charge is 2.21. The van der Waals surface area contributed by atoms with E-state index < -0.39 is 0 Å². The summed E-state index contributed by atoms with van der Waals surface area (Å²) in [7, 11) is 1.86. The van der Waals surface area contributed by atoms with E-state index in [0.717, 1.165) is 35.5 Å². The number of nitrogens with zero attached hydrogens (tertiary/aromatic N) is 3. The minimum absolute atomic E-state index is 0.00865. The van der Waals surface area contributed by atoms with Gasteiger partial charge in [-0.25, -0.2) is 9.48 Å². The summed E-state index contributed by atoms with van der Waals surface area (Å²) < 4.78 is 1.99. The van der Waals surface area contributed by atoms with Crippen molar-refractivity contribution in [3.05, 3.63) is 46.8 Å². The maximum Gasteiger partial charge on any atom is 0.317 e. The molecule has 2 amide bonds. The van der Waals surface area contributed by atoms with Crippen molar-refractivity contribution in [1.29, 1.82) is 0 Å². The number of hydrogen-bond acceptors (Lipinski definition) is 2. The number of amides is 2. The second kappa shape index (κ2) is 7.30. The van der Waals surface area contributed by atoms with Gasteiger partial charge in [0.2, 0.25) is 0 Å². The Labute approximate surface area is 150 Å². The molecule has 1 aliphatic carbocycles. The van der Waals surface area contributed by atoms with Crippen molar-refractivity contribution in [2.75, 3.05) is 7.05 Å². The molecule has 0 spiro atoms. The van der Waals surface area contributed by atoms with Crippen LogP contribution in [0.15, 0.2) is 24.3 Å². The van der Waals surface area contributed by atoms with Crippen LogP contribution in [0, 0.1) is 20.8 Å². The Bertz CT molecular complexity index is 759. The van der Waals surface area contributed by atoms with Crippen molar-refractivity contribution in [2.24, 2.45) is 0 Å². The molecule has 1 aromatic carbocycles. The van der Waals surface area contributed by atoms with Crippen LogP contribution in [0.1, 0.15) is 48.2 Å². The first-order valence-corrected chi connectivity index (χ1v) is 9.10. The fraction of sp³-hybridized carbons (Fsp3) is 0.500. The summed E-state index contributed by atoms with van der Waals surface area (Å²) in [6.07, 6.45) is 4.64. The largest absolute Gasteiger partial charge is 0.335 e. The Balaban J connectivity index is 1.76. The van der Waals surface area contributed by atoms with Gasteiger partial charge in [0.15, 0.2) is 0 Å². The van der Waals surface area contributed by atoms with Crippen LogP contribution in [0.2, 0.25) is 0 Å². The molecule has 0 atom stereocenters. The Morgan fingerprint density at radius 3 is 2.60 bits per heavy atom. The third kappa shape index (κ3) is 3.70. The molecule has 3 rings (SSSR count). The van der Waals surface area contributed by atoms with Gasteiger partial charge in [0.1, 0.15) is 0 Å². The summed E-state index contributed by atoms with van der Waals surface area (Å²) in [4.78, 5) is 14.2. The first-order chi connectivity index (χ1) is 12.0. The molecule has 1 heterocycles. The zero-order chi connectivity index (χ0) is 18.0. The monoisotopic (exact) mass is 340 g/mol. The van der Waals surface area contributed by atoms with Crippen LogP contribution >= 0.6 is 0 Å². The number of hydrogen-bond donors (Lipinski definition) is 1. The maximum absolute atomic E-state index is 12.4. The number of aromatic nitrogens is 2. The molecule has 1 aromatic heterocycles. The van der Waals surface area contributed by atoms with Crippen LogP contribution in [-0.4, -0.2) is 33.8 Å². The number of rotatable bonds is 4. The number of carbonyl (C=O) groups is 1. The second-order valence-electron chi connectivity index (χ2n) is 7.13. The first-order valence-electron chi connectivity index (χ1n) is 9.10. The van der Waals surface area contributed by atoms with E-state index in [-0.39, 0.29) is 6.03 Å². The third-order valence-corrected chi connectivity index (χ3v) is 5.21. The van der Waals surface area contributed by atoms with Gasteiger partial charge in [0.05, 0.1) is 17.9 Å². The van der Waals surface area contributed by atoms with Gasteiger partial charge in [-0.1, -0.05) is 31.0 Å². The third-order valence-electron chi connectivity index (χ3n) is 5.21. The number of para-hydroxylation sites is 1. The van der Waals surface area contributed by atoms with Crippen LogP contribution in [-0.2, 0) is 6.54 Å². The van der Waals surface area contributed by atoms with Crippen LogP contribution in [0.5, 0.6) is 0 Å². The first kappa shape index (κ1) is 17.5.